The van der Waals surface area contributed by atoms with E-state index in [1.165, 1.54) is 88.4 Å². The van der Waals surface area contributed by atoms with E-state index in [0.717, 1.165) is 47.6 Å². The average Bonchev–Trinajstić information content (AvgIpc) is 4.07. The van der Waals surface area contributed by atoms with Gasteiger partial charge in [-0.25, -0.2) is 0 Å². The van der Waals surface area contributed by atoms with Crippen molar-refractivity contribution < 1.29 is 4.42 Å². The average molecular weight is 878 g/mol. The third-order valence-electron chi connectivity index (χ3n) is 14.8. The highest BCUT2D eigenvalue weighted by atomic mass is 16.3. The largest absolute Gasteiger partial charge is 0.456 e. The smallest absolute Gasteiger partial charge is 0.135 e. The van der Waals surface area contributed by atoms with Crippen molar-refractivity contribution in [3.63, 3.8) is 0 Å². The van der Waals surface area contributed by atoms with Gasteiger partial charge in [-0.1, -0.05) is 159 Å². The second-order valence-corrected chi connectivity index (χ2v) is 18.7. The van der Waals surface area contributed by atoms with Gasteiger partial charge in [0.25, 0.3) is 0 Å². The maximum absolute atomic E-state index is 6.67. The number of para-hydroxylation sites is 3. The molecule has 3 unspecified atom stereocenters. The fourth-order valence-electron chi connectivity index (χ4n) is 11.5. The van der Waals surface area contributed by atoms with Crippen molar-refractivity contribution in [1.29, 1.82) is 0 Å². The number of hydrogen-bond donors (Lipinski definition) is 1. The number of furan rings is 1. The first-order valence-electron chi connectivity index (χ1n) is 24.3. The van der Waals surface area contributed by atoms with Crippen LogP contribution < -0.4 is 5.32 Å². The molecule has 9 aromatic carbocycles. The highest BCUT2D eigenvalue weighted by molar-refractivity contribution is 6.19. The molecule has 4 heterocycles. The molecule has 0 saturated heterocycles. The van der Waals surface area contributed by atoms with Gasteiger partial charge < -0.3 is 18.9 Å². The van der Waals surface area contributed by atoms with E-state index in [0.29, 0.717) is 5.92 Å². The minimum Gasteiger partial charge on any atom is -0.456 e. The summed E-state index contributed by atoms with van der Waals surface area (Å²) in [5.74, 6) is 0.377. The van der Waals surface area contributed by atoms with E-state index in [1.54, 1.807) is 0 Å². The zero-order chi connectivity index (χ0) is 45.1. The fourth-order valence-corrected chi connectivity index (χ4v) is 11.5. The van der Waals surface area contributed by atoms with Crippen LogP contribution in [0.2, 0.25) is 0 Å². The fraction of sp³-hybridized carbons (Fsp3) is 0.125. The number of nitrogens with zero attached hydrogens (tertiary/aromatic N) is 2. The van der Waals surface area contributed by atoms with Crippen molar-refractivity contribution in [3.8, 4) is 22.5 Å². The van der Waals surface area contributed by atoms with Crippen LogP contribution in [0.5, 0.6) is 0 Å². The SMILES string of the molecule is CCC1CC(c2ccc3c(c2)oc2ccc(-c4ccccc4)cc23)NC(c2cccc(-n3c4ccccc4c4cc5c(cc43)c3ccccc3n5-c3ccccc3)c2)CC/C=C\1c1ccccc1. The molecule has 4 heteroatoms. The lowest BCUT2D eigenvalue weighted by Crippen LogP contribution is -2.28. The van der Waals surface area contributed by atoms with Crippen LogP contribution in [0.4, 0.5) is 0 Å². The second-order valence-electron chi connectivity index (χ2n) is 18.7. The van der Waals surface area contributed by atoms with Gasteiger partial charge in [-0.05, 0) is 132 Å². The molecule has 13 rings (SSSR count). The van der Waals surface area contributed by atoms with E-state index in [9.17, 15) is 0 Å². The van der Waals surface area contributed by atoms with Crippen LogP contribution in [0, 0.1) is 5.92 Å². The number of benzene rings is 9. The van der Waals surface area contributed by atoms with Gasteiger partial charge in [0, 0.05) is 55.8 Å². The minimum absolute atomic E-state index is 0.0831. The highest BCUT2D eigenvalue weighted by Gasteiger charge is 2.27. The minimum atomic E-state index is 0.0831. The van der Waals surface area contributed by atoms with Crippen LogP contribution in [0.15, 0.2) is 223 Å². The molecule has 4 nitrogen and oxygen atoms in total. The molecule has 0 amide bonds. The molecule has 0 spiro atoms. The summed E-state index contributed by atoms with van der Waals surface area (Å²) in [4.78, 5) is 0. The van der Waals surface area contributed by atoms with Crippen molar-refractivity contribution in [2.75, 3.05) is 0 Å². The Hall–Kier alpha value is -7.92. The van der Waals surface area contributed by atoms with Crippen LogP contribution in [0.25, 0.3) is 93.6 Å². The van der Waals surface area contributed by atoms with Gasteiger partial charge in [-0.2, -0.15) is 0 Å². The molecule has 1 N–H and O–H groups in total. The molecule has 0 bridgehead atoms. The van der Waals surface area contributed by atoms with Crippen molar-refractivity contribution in [3.05, 3.63) is 235 Å². The lowest BCUT2D eigenvalue weighted by Gasteiger charge is -2.29. The number of nitrogens with one attached hydrogen (secondary N) is 1. The summed E-state index contributed by atoms with van der Waals surface area (Å²) in [5, 5.41) is 11.6. The molecule has 0 fully saturated rings. The van der Waals surface area contributed by atoms with Gasteiger partial charge in [0.2, 0.25) is 0 Å². The first-order chi connectivity index (χ1) is 33.7. The van der Waals surface area contributed by atoms with E-state index >= 15 is 0 Å². The number of allylic oxidation sites excluding steroid dienone is 2. The Bertz CT molecular complexity index is 3860. The molecule has 1 aliphatic heterocycles. The predicted octanol–water partition coefficient (Wildman–Crippen LogP) is 17.1. The normalized spacial score (nSPS) is 17.7. The zero-order valence-electron chi connectivity index (χ0n) is 38.1. The van der Waals surface area contributed by atoms with Crippen LogP contribution in [-0.2, 0) is 0 Å². The summed E-state index contributed by atoms with van der Waals surface area (Å²) >= 11 is 0. The second kappa shape index (κ2) is 16.7. The third kappa shape index (κ3) is 6.86. The molecule has 3 atom stereocenters. The maximum Gasteiger partial charge on any atom is 0.135 e. The van der Waals surface area contributed by atoms with Crippen molar-refractivity contribution in [2.24, 2.45) is 5.92 Å². The Labute approximate surface area is 396 Å². The molecule has 3 aromatic heterocycles. The van der Waals surface area contributed by atoms with Gasteiger partial charge in [-0.3, -0.25) is 0 Å². The van der Waals surface area contributed by atoms with Gasteiger partial charge in [-0.15, -0.1) is 0 Å². The zero-order valence-corrected chi connectivity index (χ0v) is 38.1. The molecule has 0 saturated carbocycles. The maximum atomic E-state index is 6.67. The summed E-state index contributed by atoms with van der Waals surface area (Å²) in [6, 6.07) is 78.1. The molecule has 0 aliphatic carbocycles. The van der Waals surface area contributed by atoms with Gasteiger partial charge in [0.05, 0.1) is 22.1 Å². The summed E-state index contributed by atoms with van der Waals surface area (Å²) in [5.41, 5.74) is 16.8. The Kier molecular flexibility index (Phi) is 9.94. The molecule has 328 valence electrons. The van der Waals surface area contributed by atoms with E-state index in [-0.39, 0.29) is 12.1 Å². The van der Waals surface area contributed by atoms with Crippen LogP contribution in [0.3, 0.4) is 0 Å². The monoisotopic (exact) mass is 877 g/mol. The van der Waals surface area contributed by atoms with E-state index in [1.807, 2.05) is 0 Å². The molecular weight excluding hydrogens is 827 g/mol. The standard InChI is InChI=1S/C64H51N3O/c1-2-42-38-58(47-32-34-53-56-37-45(43-18-6-3-7-19-43)33-35-63(56)68-64(53)39-47)65-57(29-17-28-50(42)44-20-8-4-9-21-44)46-22-16-25-49(36-46)67-60-31-15-13-27-52(60)55-40-61-54(41-62(55)67)51-26-12-14-30-59(51)66(61)48-23-10-5-11-24-48/h3-16,18-28,30-37,39-42,57-58,65H,2,17,29,38H2,1H3/b50-28+. The predicted molar refractivity (Wildman–Crippen MR) is 285 cm³/mol. The van der Waals surface area contributed by atoms with Crippen molar-refractivity contribution in [2.45, 2.75) is 44.7 Å². The number of rotatable bonds is 7. The summed E-state index contributed by atoms with van der Waals surface area (Å²) in [7, 11) is 0. The number of fused-ring (bicyclic) bond motifs is 9. The van der Waals surface area contributed by atoms with Gasteiger partial charge in [0.15, 0.2) is 0 Å². The van der Waals surface area contributed by atoms with E-state index in [4.69, 9.17) is 4.42 Å². The molecular formula is C64H51N3O. The summed E-state index contributed by atoms with van der Waals surface area (Å²) < 4.78 is 11.6. The van der Waals surface area contributed by atoms with Gasteiger partial charge in [0.1, 0.15) is 11.2 Å². The number of hydrogen-bond acceptors (Lipinski definition) is 2. The van der Waals surface area contributed by atoms with Gasteiger partial charge >= 0.3 is 0 Å². The Morgan fingerprint density at radius 1 is 0.441 bits per heavy atom. The van der Waals surface area contributed by atoms with E-state index in [2.05, 4.69) is 240 Å². The lowest BCUT2D eigenvalue weighted by molar-refractivity contribution is 0.381. The Morgan fingerprint density at radius 2 is 1.06 bits per heavy atom. The molecule has 0 radical (unpaired) electrons. The van der Waals surface area contributed by atoms with Crippen LogP contribution in [0.1, 0.15) is 61.4 Å². The Morgan fingerprint density at radius 3 is 1.76 bits per heavy atom. The summed E-state index contributed by atoms with van der Waals surface area (Å²) in [6.07, 6.45) is 6.51. The molecule has 1 aliphatic rings. The molecule has 68 heavy (non-hydrogen) atoms. The van der Waals surface area contributed by atoms with E-state index < -0.39 is 0 Å². The first-order valence-corrected chi connectivity index (χ1v) is 24.3. The lowest BCUT2D eigenvalue weighted by atomic mass is 9.83. The highest BCUT2D eigenvalue weighted by Crippen LogP contribution is 2.43. The van der Waals surface area contributed by atoms with Crippen molar-refractivity contribution >= 4 is 71.1 Å². The molecule has 12 aromatic rings. The van der Waals surface area contributed by atoms with Crippen molar-refractivity contribution in [1.82, 2.24) is 14.5 Å². The topological polar surface area (TPSA) is 35.0 Å². The summed E-state index contributed by atoms with van der Waals surface area (Å²) in [6.45, 7) is 2.35. The van der Waals surface area contributed by atoms with Crippen LogP contribution >= 0.6 is 0 Å². The number of aromatic nitrogens is 2. The first kappa shape index (κ1) is 40.4. The Balaban J connectivity index is 0.935. The quantitative estimate of drug-likeness (QED) is 0.173. The third-order valence-corrected chi connectivity index (χ3v) is 14.8. The van der Waals surface area contributed by atoms with Crippen LogP contribution in [-0.4, -0.2) is 9.13 Å².